The van der Waals surface area contributed by atoms with Gasteiger partial charge in [0.25, 0.3) is 5.22 Å². The summed E-state index contributed by atoms with van der Waals surface area (Å²) in [5.74, 6) is 0.530. The molecule has 2 heterocycles. The number of nitrogens with two attached hydrogens (primary N) is 1. The van der Waals surface area contributed by atoms with Crippen LogP contribution in [0.4, 0.5) is 5.69 Å². The number of anilines is 1. The molecule has 6 heteroatoms. The molecule has 0 unspecified atom stereocenters. The smallest absolute Gasteiger partial charge is 0.283 e. The van der Waals surface area contributed by atoms with Crippen LogP contribution >= 0.6 is 11.8 Å². The molecule has 0 amide bonds. The van der Waals surface area contributed by atoms with Crippen molar-refractivity contribution in [1.29, 1.82) is 0 Å². The summed E-state index contributed by atoms with van der Waals surface area (Å²) >= 11 is 1.26. The Hall–Kier alpha value is -1.56. The zero-order chi connectivity index (χ0) is 9.97. The highest BCUT2D eigenvalue weighted by Crippen LogP contribution is 2.28. The molecular weight excluding hydrogens is 200 g/mol. The van der Waals surface area contributed by atoms with Crippen LogP contribution in [-0.4, -0.2) is 15.2 Å². The van der Waals surface area contributed by atoms with Crippen molar-refractivity contribution in [2.24, 2.45) is 0 Å². The molecule has 2 aromatic rings. The third-order valence-electron chi connectivity index (χ3n) is 1.49. The number of nitrogens with zero attached hydrogens (tertiary/aromatic N) is 3. The Morgan fingerprint density at radius 3 is 2.93 bits per heavy atom. The van der Waals surface area contributed by atoms with Gasteiger partial charge in [-0.3, -0.25) is 0 Å². The predicted molar refractivity (Wildman–Crippen MR) is 51.8 cm³/mol. The average Bonchev–Trinajstić information content (AvgIpc) is 2.56. The highest BCUT2D eigenvalue weighted by molar-refractivity contribution is 7.99. The quantitative estimate of drug-likeness (QED) is 0.805. The van der Waals surface area contributed by atoms with E-state index in [0.29, 0.717) is 21.8 Å². The van der Waals surface area contributed by atoms with E-state index < -0.39 is 0 Å². The Morgan fingerprint density at radius 1 is 1.43 bits per heavy atom. The van der Waals surface area contributed by atoms with Gasteiger partial charge in [-0.1, -0.05) is 0 Å². The maximum atomic E-state index is 5.70. The van der Waals surface area contributed by atoms with Crippen molar-refractivity contribution in [3.05, 3.63) is 24.2 Å². The zero-order valence-corrected chi connectivity index (χ0v) is 8.28. The fraction of sp³-hybridized carbons (Fsp3) is 0.125. The fourth-order valence-corrected chi connectivity index (χ4v) is 1.60. The Morgan fingerprint density at radius 2 is 2.29 bits per heavy atom. The highest BCUT2D eigenvalue weighted by Gasteiger charge is 2.07. The summed E-state index contributed by atoms with van der Waals surface area (Å²) in [4.78, 5) is 4.09. The number of hydrogen-bond donors (Lipinski definition) is 1. The van der Waals surface area contributed by atoms with Crippen molar-refractivity contribution < 1.29 is 4.42 Å². The molecule has 0 saturated heterocycles. The van der Waals surface area contributed by atoms with Crippen LogP contribution in [0.3, 0.4) is 0 Å². The second-order valence-electron chi connectivity index (χ2n) is 2.59. The minimum Gasteiger partial charge on any atom is -0.416 e. The summed E-state index contributed by atoms with van der Waals surface area (Å²) in [6.45, 7) is 1.73. The lowest BCUT2D eigenvalue weighted by atomic mass is 10.4. The SMILES string of the molecule is Cc1nnc(Sc2ncccc2N)o1. The molecule has 0 atom stereocenters. The van der Waals surface area contributed by atoms with Crippen LogP contribution in [0.5, 0.6) is 0 Å². The molecule has 2 aromatic heterocycles. The second-order valence-corrected chi connectivity index (χ2v) is 3.53. The van der Waals surface area contributed by atoms with Gasteiger partial charge in [0.15, 0.2) is 0 Å². The first-order valence-electron chi connectivity index (χ1n) is 3.94. The van der Waals surface area contributed by atoms with Crippen LogP contribution in [0.2, 0.25) is 0 Å². The van der Waals surface area contributed by atoms with Gasteiger partial charge in [0.1, 0.15) is 5.03 Å². The summed E-state index contributed by atoms with van der Waals surface area (Å²) in [6, 6.07) is 3.55. The van der Waals surface area contributed by atoms with E-state index in [0.717, 1.165) is 0 Å². The minimum absolute atomic E-state index is 0.452. The normalized spacial score (nSPS) is 10.4. The third-order valence-corrected chi connectivity index (χ3v) is 2.37. The molecule has 0 aliphatic heterocycles. The molecular formula is C8H8N4OS. The average molecular weight is 208 g/mol. The molecule has 0 aliphatic rings. The third kappa shape index (κ3) is 1.85. The van der Waals surface area contributed by atoms with E-state index in [-0.39, 0.29) is 0 Å². The van der Waals surface area contributed by atoms with Crippen molar-refractivity contribution >= 4 is 17.4 Å². The molecule has 0 spiro atoms. The first-order chi connectivity index (χ1) is 6.75. The number of pyridine rings is 1. The molecule has 2 N–H and O–H groups in total. The van der Waals surface area contributed by atoms with Crippen LogP contribution in [0.1, 0.15) is 5.89 Å². The van der Waals surface area contributed by atoms with Gasteiger partial charge < -0.3 is 10.2 Å². The van der Waals surface area contributed by atoms with E-state index in [2.05, 4.69) is 15.2 Å². The van der Waals surface area contributed by atoms with Crippen molar-refractivity contribution in [2.75, 3.05) is 5.73 Å². The zero-order valence-electron chi connectivity index (χ0n) is 7.47. The number of aryl methyl sites for hydroxylation is 1. The Bertz CT molecular complexity index is 442. The van der Waals surface area contributed by atoms with Crippen LogP contribution in [0, 0.1) is 6.92 Å². The maximum absolute atomic E-state index is 5.70. The first-order valence-corrected chi connectivity index (χ1v) is 4.76. The van der Waals surface area contributed by atoms with E-state index >= 15 is 0 Å². The summed E-state index contributed by atoms with van der Waals surface area (Å²) in [5, 5.41) is 8.67. The molecule has 0 aromatic carbocycles. The summed E-state index contributed by atoms with van der Waals surface area (Å²) in [5.41, 5.74) is 6.31. The molecule has 72 valence electrons. The molecule has 5 nitrogen and oxygen atoms in total. The molecule has 0 aliphatic carbocycles. The lowest BCUT2D eigenvalue weighted by molar-refractivity contribution is 0.429. The van der Waals surface area contributed by atoms with E-state index in [9.17, 15) is 0 Å². The molecule has 0 bridgehead atoms. The van der Waals surface area contributed by atoms with Gasteiger partial charge in [-0.15, -0.1) is 10.2 Å². The van der Waals surface area contributed by atoms with Gasteiger partial charge in [0, 0.05) is 13.1 Å². The van der Waals surface area contributed by atoms with Gasteiger partial charge in [-0.25, -0.2) is 4.98 Å². The van der Waals surface area contributed by atoms with E-state index in [1.807, 2.05) is 0 Å². The number of aromatic nitrogens is 3. The summed E-state index contributed by atoms with van der Waals surface area (Å²) in [7, 11) is 0. The summed E-state index contributed by atoms with van der Waals surface area (Å²) < 4.78 is 5.19. The second kappa shape index (κ2) is 3.67. The Kier molecular flexibility index (Phi) is 2.36. The van der Waals surface area contributed by atoms with Gasteiger partial charge in [-0.05, 0) is 23.9 Å². The summed E-state index contributed by atoms with van der Waals surface area (Å²) in [6.07, 6.45) is 1.67. The Labute approximate surface area is 84.7 Å². The predicted octanol–water partition coefficient (Wildman–Crippen LogP) is 1.51. The van der Waals surface area contributed by atoms with Crippen LogP contribution in [0.25, 0.3) is 0 Å². The Balaban J connectivity index is 2.23. The topological polar surface area (TPSA) is 77.8 Å². The number of nitrogen functional groups attached to an aromatic ring is 1. The molecule has 14 heavy (non-hydrogen) atoms. The first kappa shape index (κ1) is 9.01. The van der Waals surface area contributed by atoms with Crippen molar-refractivity contribution in [3.8, 4) is 0 Å². The number of rotatable bonds is 2. The van der Waals surface area contributed by atoms with Crippen molar-refractivity contribution in [2.45, 2.75) is 17.2 Å². The molecule has 0 fully saturated rings. The van der Waals surface area contributed by atoms with Gasteiger partial charge >= 0.3 is 0 Å². The van der Waals surface area contributed by atoms with Gasteiger partial charge in [-0.2, -0.15) is 0 Å². The molecule has 0 radical (unpaired) electrons. The maximum Gasteiger partial charge on any atom is 0.283 e. The molecule has 0 saturated carbocycles. The van der Waals surface area contributed by atoms with Crippen LogP contribution in [0.15, 0.2) is 33.0 Å². The van der Waals surface area contributed by atoms with Crippen LogP contribution < -0.4 is 5.73 Å². The van der Waals surface area contributed by atoms with E-state index in [1.54, 1.807) is 25.3 Å². The molecule has 2 rings (SSSR count). The van der Waals surface area contributed by atoms with Crippen molar-refractivity contribution in [3.63, 3.8) is 0 Å². The number of hydrogen-bond acceptors (Lipinski definition) is 6. The standard InChI is InChI=1S/C8H8N4OS/c1-5-11-12-8(13-5)14-7-6(9)3-2-4-10-7/h2-4H,9H2,1H3. The lowest BCUT2D eigenvalue weighted by Gasteiger charge is -1.98. The van der Waals surface area contributed by atoms with E-state index in [4.69, 9.17) is 10.2 Å². The van der Waals surface area contributed by atoms with Gasteiger partial charge in [0.05, 0.1) is 5.69 Å². The fourth-order valence-electron chi connectivity index (χ4n) is 0.891. The minimum atomic E-state index is 0.452. The largest absolute Gasteiger partial charge is 0.416 e. The van der Waals surface area contributed by atoms with Crippen molar-refractivity contribution in [1.82, 2.24) is 15.2 Å². The monoisotopic (exact) mass is 208 g/mol. The lowest BCUT2D eigenvalue weighted by Crippen LogP contribution is -1.90. The van der Waals surface area contributed by atoms with E-state index in [1.165, 1.54) is 11.8 Å². The van der Waals surface area contributed by atoms with Gasteiger partial charge in [0.2, 0.25) is 5.89 Å². The highest BCUT2D eigenvalue weighted by atomic mass is 32.2. The van der Waals surface area contributed by atoms with Crippen LogP contribution in [-0.2, 0) is 0 Å².